The molecule has 1 aromatic carbocycles. The van der Waals surface area contributed by atoms with Gasteiger partial charge in [-0.25, -0.2) is 0 Å². The number of ether oxygens (including phenoxy) is 2. The molecule has 0 spiro atoms. The van der Waals surface area contributed by atoms with E-state index in [-0.39, 0.29) is 11.8 Å². The highest BCUT2D eigenvalue weighted by Gasteiger charge is 2.28. The van der Waals surface area contributed by atoms with E-state index < -0.39 is 0 Å². The van der Waals surface area contributed by atoms with Crippen LogP contribution >= 0.6 is 0 Å². The van der Waals surface area contributed by atoms with Crippen molar-refractivity contribution in [3.8, 4) is 11.5 Å². The van der Waals surface area contributed by atoms with Crippen molar-refractivity contribution in [2.75, 3.05) is 27.3 Å². The Morgan fingerprint density at radius 1 is 1.19 bits per heavy atom. The van der Waals surface area contributed by atoms with E-state index in [9.17, 15) is 4.79 Å². The van der Waals surface area contributed by atoms with Crippen molar-refractivity contribution in [3.63, 3.8) is 0 Å². The lowest BCUT2D eigenvalue weighted by Gasteiger charge is -2.32. The molecule has 1 aliphatic heterocycles. The van der Waals surface area contributed by atoms with Crippen molar-refractivity contribution in [1.29, 1.82) is 0 Å². The first-order chi connectivity index (χ1) is 15.1. The molecule has 4 aromatic rings. The molecule has 1 N–H and O–H groups in total. The summed E-state index contributed by atoms with van der Waals surface area (Å²) in [7, 11) is 5.18. The molecule has 1 atom stereocenters. The van der Waals surface area contributed by atoms with Crippen LogP contribution in [0.3, 0.4) is 0 Å². The molecule has 1 unspecified atom stereocenters. The van der Waals surface area contributed by atoms with Crippen LogP contribution in [0.4, 0.5) is 0 Å². The standard InChI is InChI=1S/C24H26N4O3/c1-27-21-10-16(30-2)11-23(31-3)17(21)12-22(27)24(29)28-9-5-6-15(14-28)19-13-20-18(26-19)7-4-8-25-20/h4,7-8,10-13,15,26H,5-6,9,14H2,1-3H3. The van der Waals surface area contributed by atoms with Gasteiger partial charge in [-0.05, 0) is 37.1 Å². The summed E-state index contributed by atoms with van der Waals surface area (Å²) in [6.07, 6.45) is 3.83. The van der Waals surface area contributed by atoms with E-state index >= 15 is 0 Å². The van der Waals surface area contributed by atoms with Crippen molar-refractivity contribution in [2.24, 2.45) is 7.05 Å². The first kappa shape index (κ1) is 19.5. The normalized spacial score (nSPS) is 16.7. The van der Waals surface area contributed by atoms with Gasteiger partial charge >= 0.3 is 0 Å². The van der Waals surface area contributed by atoms with Gasteiger partial charge in [-0.1, -0.05) is 0 Å². The van der Waals surface area contributed by atoms with Gasteiger partial charge in [-0.3, -0.25) is 9.78 Å². The number of hydrogen-bond donors (Lipinski definition) is 1. The minimum Gasteiger partial charge on any atom is -0.497 e. The Morgan fingerprint density at radius 2 is 2.06 bits per heavy atom. The van der Waals surface area contributed by atoms with Crippen LogP contribution < -0.4 is 9.47 Å². The summed E-state index contributed by atoms with van der Waals surface area (Å²) >= 11 is 0. The number of likely N-dealkylation sites (tertiary alicyclic amines) is 1. The van der Waals surface area contributed by atoms with Crippen LogP contribution in [0.2, 0.25) is 0 Å². The molecule has 7 nitrogen and oxygen atoms in total. The third kappa shape index (κ3) is 3.30. The minimum atomic E-state index is 0.0404. The third-order valence-electron chi connectivity index (χ3n) is 6.33. The fraction of sp³-hybridized carbons (Fsp3) is 0.333. The zero-order valence-corrected chi connectivity index (χ0v) is 18.0. The lowest BCUT2D eigenvalue weighted by Crippen LogP contribution is -2.39. The molecule has 1 saturated heterocycles. The van der Waals surface area contributed by atoms with Crippen LogP contribution in [0, 0.1) is 0 Å². The number of pyridine rings is 1. The summed E-state index contributed by atoms with van der Waals surface area (Å²) in [6.45, 7) is 1.45. The Hall–Kier alpha value is -3.48. The topological polar surface area (TPSA) is 72.4 Å². The highest BCUT2D eigenvalue weighted by atomic mass is 16.5. The second kappa shape index (κ2) is 7.65. The highest BCUT2D eigenvalue weighted by molar-refractivity contribution is 6.01. The van der Waals surface area contributed by atoms with Gasteiger partial charge in [-0.15, -0.1) is 0 Å². The first-order valence-corrected chi connectivity index (χ1v) is 10.5. The summed E-state index contributed by atoms with van der Waals surface area (Å²) in [5.74, 6) is 1.72. The minimum absolute atomic E-state index is 0.0404. The molecule has 5 rings (SSSR count). The smallest absolute Gasteiger partial charge is 0.270 e. The number of methoxy groups -OCH3 is 2. The number of amides is 1. The molecular formula is C24H26N4O3. The summed E-state index contributed by atoms with van der Waals surface area (Å²) in [6, 6.07) is 11.8. The number of carbonyl (C=O) groups is 1. The number of H-pyrrole nitrogens is 1. The molecule has 1 fully saturated rings. The van der Waals surface area contributed by atoms with E-state index in [4.69, 9.17) is 9.47 Å². The van der Waals surface area contributed by atoms with E-state index in [1.807, 2.05) is 46.8 Å². The molecule has 0 radical (unpaired) electrons. The Kier molecular flexibility index (Phi) is 4.81. The van der Waals surface area contributed by atoms with Crippen molar-refractivity contribution >= 4 is 27.8 Å². The maximum atomic E-state index is 13.5. The van der Waals surface area contributed by atoms with Gasteiger partial charge in [0.1, 0.15) is 17.2 Å². The fourth-order valence-corrected chi connectivity index (χ4v) is 4.64. The Balaban J connectivity index is 1.45. The maximum Gasteiger partial charge on any atom is 0.270 e. The molecule has 3 aromatic heterocycles. The fourth-order valence-electron chi connectivity index (χ4n) is 4.64. The molecule has 7 heteroatoms. The Labute approximate surface area is 180 Å². The number of carbonyl (C=O) groups excluding carboxylic acids is 1. The number of fused-ring (bicyclic) bond motifs is 2. The van der Waals surface area contributed by atoms with Crippen LogP contribution in [-0.2, 0) is 7.05 Å². The van der Waals surface area contributed by atoms with E-state index in [1.165, 1.54) is 0 Å². The van der Waals surface area contributed by atoms with E-state index in [2.05, 4.69) is 16.0 Å². The average molecular weight is 418 g/mol. The van der Waals surface area contributed by atoms with E-state index in [0.717, 1.165) is 47.0 Å². The number of piperidine rings is 1. The average Bonchev–Trinajstić information content (AvgIpc) is 3.39. The molecular weight excluding hydrogens is 392 g/mol. The second-order valence-electron chi connectivity index (χ2n) is 8.10. The molecule has 4 heterocycles. The highest BCUT2D eigenvalue weighted by Crippen LogP contribution is 2.34. The predicted molar refractivity (Wildman–Crippen MR) is 120 cm³/mol. The van der Waals surface area contributed by atoms with Crippen LogP contribution in [-0.4, -0.2) is 52.7 Å². The van der Waals surface area contributed by atoms with Gasteiger partial charge in [0.2, 0.25) is 0 Å². The Morgan fingerprint density at radius 3 is 2.84 bits per heavy atom. The van der Waals surface area contributed by atoms with Crippen molar-refractivity contribution < 1.29 is 14.3 Å². The zero-order chi connectivity index (χ0) is 21.5. The molecule has 1 aliphatic rings. The number of nitrogens with zero attached hydrogens (tertiary/aromatic N) is 3. The second-order valence-corrected chi connectivity index (χ2v) is 8.10. The maximum absolute atomic E-state index is 13.5. The van der Waals surface area contributed by atoms with Crippen LogP contribution in [0.25, 0.3) is 21.9 Å². The monoisotopic (exact) mass is 418 g/mol. The largest absolute Gasteiger partial charge is 0.497 e. The van der Waals surface area contributed by atoms with Gasteiger partial charge in [0.25, 0.3) is 5.91 Å². The number of rotatable bonds is 4. The molecule has 160 valence electrons. The molecule has 0 saturated carbocycles. The number of nitrogens with one attached hydrogen (secondary N) is 1. The van der Waals surface area contributed by atoms with Gasteiger partial charge < -0.3 is 23.9 Å². The lowest BCUT2D eigenvalue weighted by atomic mass is 9.94. The quantitative estimate of drug-likeness (QED) is 0.542. The van der Waals surface area contributed by atoms with E-state index in [1.54, 1.807) is 20.4 Å². The van der Waals surface area contributed by atoms with Crippen LogP contribution in [0.5, 0.6) is 11.5 Å². The first-order valence-electron chi connectivity index (χ1n) is 10.5. The molecule has 0 aliphatic carbocycles. The number of aryl methyl sites for hydroxylation is 1. The summed E-state index contributed by atoms with van der Waals surface area (Å²) in [5, 5.41) is 0.907. The molecule has 1 amide bonds. The molecule has 31 heavy (non-hydrogen) atoms. The lowest BCUT2D eigenvalue weighted by molar-refractivity contribution is 0.0697. The van der Waals surface area contributed by atoms with Gasteiger partial charge in [0, 0.05) is 55.5 Å². The Bertz CT molecular complexity index is 1240. The number of aromatic amines is 1. The zero-order valence-electron chi connectivity index (χ0n) is 18.0. The number of benzene rings is 1. The number of aromatic nitrogens is 3. The van der Waals surface area contributed by atoms with Crippen LogP contribution in [0.15, 0.2) is 42.6 Å². The van der Waals surface area contributed by atoms with Crippen LogP contribution in [0.1, 0.15) is 34.9 Å². The molecule has 0 bridgehead atoms. The van der Waals surface area contributed by atoms with Gasteiger partial charge in [0.05, 0.1) is 30.8 Å². The summed E-state index contributed by atoms with van der Waals surface area (Å²) in [4.78, 5) is 23.4. The van der Waals surface area contributed by atoms with Crippen molar-refractivity contribution in [2.45, 2.75) is 18.8 Å². The van der Waals surface area contributed by atoms with E-state index in [0.29, 0.717) is 23.7 Å². The van der Waals surface area contributed by atoms with Crippen molar-refractivity contribution in [3.05, 3.63) is 54.0 Å². The van der Waals surface area contributed by atoms with Crippen molar-refractivity contribution in [1.82, 2.24) is 19.4 Å². The summed E-state index contributed by atoms with van der Waals surface area (Å²) in [5.41, 5.74) is 4.72. The van der Waals surface area contributed by atoms with Gasteiger partial charge in [-0.2, -0.15) is 0 Å². The summed E-state index contributed by atoms with van der Waals surface area (Å²) < 4.78 is 12.9. The third-order valence-corrected chi connectivity index (χ3v) is 6.33. The SMILES string of the molecule is COc1cc(OC)c2cc(C(=O)N3CCCC(c4cc5ncccc5[nH]4)C3)n(C)c2c1. The van der Waals surface area contributed by atoms with Gasteiger partial charge in [0.15, 0.2) is 0 Å². The predicted octanol–water partition coefficient (Wildman–Crippen LogP) is 4.09. The number of hydrogen-bond acceptors (Lipinski definition) is 4.